The Balaban J connectivity index is 1.70. The first kappa shape index (κ1) is 13.0. The maximum atomic E-state index is 11.9. The monoisotopic (exact) mass is 281 g/mol. The number of carbonyl (C=O) groups is 1. The van der Waals surface area contributed by atoms with Crippen molar-refractivity contribution in [2.45, 2.75) is 19.3 Å². The van der Waals surface area contributed by atoms with Gasteiger partial charge >= 0.3 is 0 Å². The number of hydrogen-bond donors (Lipinski definition) is 1. The van der Waals surface area contributed by atoms with Crippen LogP contribution in [-0.2, 0) is 4.79 Å². The molecule has 0 saturated heterocycles. The van der Waals surface area contributed by atoms with Gasteiger partial charge < -0.3 is 5.32 Å². The van der Waals surface area contributed by atoms with Gasteiger partial charge in [-0.25, -0.2) is 0 Å². The lowest BCUT2D eigenvalue weighted by molar-refractivity contribution is -0.122. The van der Waals surface area contributed by atoms with E-state index >= 15 is 0 Å². The topological polar surface area (TPSA) is 29.1 Å². The first-order valence-electron chi connectivity index (χ1n) is 6.78. The molecular formula is C17H15NOS. The molecule has 0 atom stereocenters. The van der Waals surface area contributed by atoms with E-state index in [2.05, 4.69) is 17.2 Å². The normalized spacial score (nSPS) is 14.0. The highest BCUT2D eigenvalue weighted by atomic mass is 32.1. The zero-order valence-electron chi connectivity index (χ0n) is 11.1. The van der Waals surface area contributed by atoms with Crippen LogP contribution < -0.4 is 5.32 Å². The predicted molar refractivity (Wildman–Crippen MR) is 82.7 cm³/mol. The van der Waals surface area contributed by atoms with Crippen LogP contribution in [0.25, 0.3) is 0 Å². The highest BCUT2D eigenvalue weighted by Gasteiger charge is 2.24. The molecule has 0 spiro atoms. The van der Waals surface area contributed by atoms with Crippen LogP contribution in [0.4, 0.5) is 5.69 Å². The first-order valence-corrected chi connectivity index (χ1v) is 7.66. The van der Waals surface area contributed by atoms with E-state index in [1.54, 1.807) is 11.3 Å². The number of hydrogen-bond acceptors (Lipinski definition) is 2. The quantitative estimate of drug-likeness (QED) is 0.831. The fourth-order valence-electron chi connectivity index (χ4n) is 2.07. The molecule has 1 fully saturated rings. The lowest BCUT2D eigenvalue weighted by atomic mass is 9.85. The lowest BCUT2D eigenvalue weighted by Gasteiger charge is -2.24. The molecule has 0 bridgehead atoms. The molecule has 1 N–H and O–H groups in total. The van der Waals surface area contributed by atoms with Crippen molar-refractivity contribution in [2.75, 3.05) is 5.32 Å². The minimum absolute atomic E-state index is 0.139. The standard InChI is InChI=1S/C17H15NOS/c19-17(14-5-2-6-14)18-15-7-1-4-13(12-15)9-10-16-8-3-11-20-16/h1,3-4,7-8,11-12,14H,2,5-6H2,(H,18,19). The van der Waals surface area contributed by atoms with Gasteiger partial charge in [-0.05, 0) is 42.5 Å². The zero-order valence-corrected chi connectivity index (χ0v) is 11.9. The highest BCUT2D eigenvalue weighted by Crippen LogP contribution is 2.27. The summed E-state index contributed by atoms with van der Waals surface area (Å²) in [7, 11) is 0. The van der Waals surface area contributed by atoms with E-state index < -0.39 is 0 Å². The van der Waals surface area contributed by atoms with Crippen molar-refractivity contribution in [3.05, 3.63) is 52.2 Å². The van der Waals surface area contributed by atoms with E-state index in [-0.39, 0.29) is 11.8 Å². The van der Waals surface area contributed by atoms with Crippen LogP contribution in [0.15, 0.2) is 41.8 Å². The van der Waals surface area contributed by atoms with E-state index in [4.69, 9.17) is 0 Å². The molecule has 1 aliphatic carbocycles. The Kier molecular flexibility index (Phi) is 3.85. The smallest absolute Gasteiger partial charge is 0.227 e. The highest BCUT2D eigenvalue weighted by molar-refractivity contribution is 7.10. The molecule has 1 heterocycles. The summed E-state index contributed by atoms with van der Waals surface area (Å²) in [5.41, 5.74) is 1.75. The Morgan fingerprint density at radius 1 is 1.20 bits per heavy atom. The minimum atomic E-state index is 0.139. The molecule has 1 aromatic heterocycles. The molecule has 0 aliphatic heterocycles. The second-order valence-corrected chi connectivity index (χ2v) is 5.87. The van der Waals surface area contributed by atoms with Crippen molar-refractivity contribution < 1.29 is 4.79 Å². The van der Waals surface area contributed by atoms with E-state index in [1.165, 1.54) is 6.42 Å². The van der Waals surface area contributed by atoms with Gasteiger partial charge in [0.2, 0.25) is 5.91 Å². The fourth-order valence-corrected chi connectivity index (χ4v) is 2.64. The average molecular weight is 281 g/mol. The summed E-state index contributed by atoms with van der Waals surface area (Å²) in [6.45, 7) is 0. The molecule has 1 amide bonds. The van der Waals surface area contributed by atoms with E-state index in [0.717, 1.165) is 29.0 Å². The number of nitrogens with one attached hydrogen (secondary N) is 1. The molecule has 3 rings (SSSR count). The Labute approximate surface area is 122 Å². The van der Waals surface area contributed by atoms with Crippen LogP contribution in [-0.4, -0.2) is 5.91 Å². The second kappa shape index (κ2) is 5.94. The maximum Gasteiger partial charge on any atom is 0.227 e. The third-order valence-electron chi connectivity index (χ3n) is 3.46. The third-order valence-corrected chi connectivity index (χ3v) is 4.24. The molecule has 3 heteroatoms. The number of benzene rings is 1. The van der Waals surface area contributed by atoms with Crippen molar-refractivity contribution in [3.63, 3.8) is 0 Å². The third kappa shape index (κ3) is 3.09. The number of rotatable bonds is 2. The van der Waals surface area contributed by atoms with E-state index in [0.29, 0.717) is 0 Å². The summed E-state index contributed by atoms with van der Waals surface area (Å²) < 4.78 is 0. The molecule has 0 radical (unpaired) electrons. The molecule has 20 heavy (non-hydrogen) atoms. The fraction of sp³-hybridized carbons (Fsp3) is 0.235. The van der Waals surface area contributed by atoms with Gasteiger partial charge in [-0.1, -0.05) is 30.4 Å². The first-order chi connectivity index (χ1) is 9.81. The van der Waals surface area contributed by atoms with E-state index in [9.17, 15) is 4.79 Å². The Bertz CT molecular complexity index is 660. The predicted octanol–water partition coefficient (Wildman–Crippen LogP) is 3.89. The summed E-state index contributed by atoms with van der Waals surface area (Å²) >= 11 is 1.63. The number of anilines is 1. The molecule has 1 aromatic carbocycles. The van der Waals surface area contributed by atoms with Crippen molar-refractivity contribution >= 4 is 22.9 Å². The minimum Gasteiger partial charge on any atom is -0.326 e. The van der Waals surface area contributed by atoms with Gasteiger partial charge in [-0.2, -0.15) is 0 Å². The molecule has 100 valence electrons. The Morgan fingerprint density at radius 2 is 2.10 bits per heavy atom. The van der Waals surface area contributed by atoms with Crippen LogP contribution in [0.5, 0.6) is 0 Å². The molecule has 2 aromatic rings. The molecule has 0 unspecified atom stereocenters. The van der Waals surface area contributed by atoms with Crippen molar-refractivity contribution in [2.24, 2.45) is 5.92 Å². The Morgan fingerprint density at radius 3 is 2.80 bits per heavy atom. The van der Waals surface area contributed by atoms with Crippen molar-refractivity contribution in [1.29, 1.82) is 0 Å². The van der Waals surface area contributed by atoms with Gasteiger partial charge in [0.25, 0.3) is 0 Å². The van der Waals surface area contributed by atoms with Crippen molar-refractivity contribution in [3.8, 4) is 11.8 Å². The Hall–Kier alpha value is -2.05. The number of carbonyl (C=O) groups excluding carboxylic acids is 1. The van der Waals surface area contributed by atoms with Gasteiger partial charge in [0.05, 0.1) is 4.88 Å². The van der Waals surface area contributed by atoms with Crippen LogP contribution in [0.1, 0.15) is 29.7 Å². The van der Waals surface area contributed by atoms with Gasteiger partial charge in [-0.3, -0.25) is 4.79 Å². The van der Waals surface area contributed by atoms with Gasteiger partial charge in [0, 0.05) is 17.2 Å². The summed E-state index contributed by atoms with van der Waals surface area (Å²) in [5.74, 6) is 6.59. The molecule has 1 saturated carbocycles. The molecular weight excluding hydrogens is 266 g/mol. The number of thiophene rings is 1. The largest absolute Gasteiger partial charge is 0.326 e. The van der Waals surface area contributed by atoms with Crippen LogP contribution >= 0.6 is 11.3 Å². The maximum absolute atomic E-state index is 11.9. The summed E-state index contributed by atoms with van der Waals surface area (Å²) in [5, 5.41) is 4.99. The van der Waals surface area contributed by atoms with Crippen LogP contribution in [0.3, 0.4) is 0 Å². The summed E-state index contributed by atoms with van der Waals surface area (Å²) in [6, 6.07) is 11.7. The summed E-state index contributed by atoms with van der Waals surface area (Å²) in [4.78, 5) is 13.0. The lowest BCUT2D eigenvalue weighted by Crippen LogP contribution is -2.27. The molecule has 1 aliphatic rings. The second-order valence-electron chi connectivity index (χ2n) is 4.93. The van der Waals surface area contributed by atoms with Gasteiger partial charge in [0.15, 0.2) is 0 Å². The number of amides is 1. The SMILES string of the molecule is O=C(Nc1cccc(C#Cc2cccs2)c1)C1CCC1. The zero-order chi connectivity index (χ0) is 13.8. The van der Waals surface area contributed by atoms with Gasteiger partial charge in [0.1, 0.15) is 0 Å². The van der Waals surface area contributed by atoms with Crippen LogP contribution in [0, 0.1) is 17.8 Å². The average Bonchev–Trinajstić information content (AvgIpc) is 2.87. The molecule has 2 nitrogen and oxygen atoms in total. The van der Waals surface area contributed by atoms with E-state index in [1.807, 2.05) is 41.8 Å². The van der Waals surface area contributed by atoms with Crippen LogP contribution in [0.2, 0.25) is 0 Å². The van der Waals surface area contributed by atoms with Crippen molar-refractivity contribution in [1.82, 2.24) is 0 Å². The summed E-state index contributed by atoms with van der Waals surface area (Å²) in [6.07, 6.45) is 3.21. The van der Waals surface area contributed by atoms with Gasteiger partial charge in [-0.15, -0.1) is 11.3 Å².